The van der Waals surface area contributed by atoms with Gasteiger partial charge in [-0.2, -0.15) is 4.31 Å². The molecule has 156 valence electrons. The number of aromatic nitrogens is 1. The summed E-state index contributed by atoms with van der Waals surface area (Å²) in [7, 11) is -2.53. The van der Waals surface area contributed by atoms with Crippen LogP contribution in [0.4, 0.5) is 0 Å². The van der Waals surface area contributed by atoms with E-state index >= 15 is 0 Å². The molecule has 0 spiro atoms. The van der Waals surface area contributed by atoms with Gasteiger partial charge in [-0.3, -0.25) is 14.6 Å². The van der Waals surface area contributed by atoms with E-state index in [1.165, 1.54) is 37.1 Å². The molecule has 0 atom stereocenters. The highest BCUT2D eigenvalue weighted by atomic mass is 32.2. The molecule has 0 bridgehead atoms. The van der Waals surface area contributed by atoms with Crippen molar-refractivity contribution < 1.29 is 22.7 Å². The van der Waals surface area contributed by atoms with Crippen LogP contribution < -0.4 is 5.32 Å². The van der Waals surface area contributed by atoms with E-state index in [1.54, 1.807) is 0 Å². The molecule has 2 aromatic rings. The molecular formula is C20H25N3O5S. The number of pyridine rings is 1. The number of carbonyl (C=O) groups is 2. The monoisotopic (exact) mass is 419 g/mol. The summed E-state index contributed by atoms with van der Waals surface area (Å²) in [5, 5.41) is 2.67. The fraction of sp³-hybridized carbons (Fsp3) is 0.350. The lowest BCUT2D eigenvalue weighted by Gasteiger charge is -2.16. The number of carbonyl (C=O) groups excluding carboxylic acids is 2. The molecule has 1 N–H and O–H groups in total. The predicted molar refractivity (Wildman–Crippen MR) is 108 cm³/mol. The average molecular weight is 420 g/mol. The Kier molecular flexibility index (Phi) is 8.29. The van der Waals surface area contributed by atoms with E-state index in [2.05, 4.69) is 10.3 Å². The van der Waals surface area contributed by atoms with Gasteiger partial charge in [0.25, 0.3) is 0 Å². The Bertz CT molecular complexity index is 915. The highest BCUT2D eigenvalue weighted by Gasteiger charge is 2.23. The number of ether oxygens (including phenoxy) is 1. The minimum atomic E-state index is -3.81. The summed E-state index contributed by atoms with van der Waals surface area (Å²) in [4.78, 5) is 27.5. The number of rotatable bonds is 10. The van der Waals surface area contributed by atoms with E-state index < -0.39 is 22.5 Å². The lowest BCUT2D eigenvalue weighted by molar-refractivity contribution is -0.143. The van der Waals surface area contributed by atoms with Crippen LogP contribution in [-0.2, 0) is 30.8 Å². The molecule has 0 saturated heterocycles. The second kappa shape index (κ2) is 10.7. The molecule has 1 heterocycles. The number of nitrogens with one attached hydrogen (secondary N) is 1. The molecule has 0 unspecified atom stereocenters. The van der Waals surface area contributed by atoms with Crippen molar-refractivity contribution in [3.8, 4) is 0 Å². The number of amides is 1. The fourth-order valence-electron chi connectivity index (χ4n) is 2.45. The molecule has 0 aliphatic heterocycles. The zero-order valence-corrected chi connectivity index (χ0v) is 17.3. The maximum atomic E-state index is 12.3. The number of hydrogen-bond acceptors (Lipinski definition) is 6. The second-order valence-electron chi connectivity index (χ2n) is 6.51. The number of hydrogen-bond donors (Lipinski definition) is 1. The highest BCUT2D eigenvalue weighted by Crippen LogP contribution is 2.12. The fourth-order valence-corrected chi connectivity index (χ4v) is 3.53. The Morgan fingerprint density at radius 3 is 2.55 bits per heavy atom. The Hall–Kier alpha value is -2.78. The Morgan fingerprint density at radius 1 is 1.17 bits per heavy atom. The average Bonchev–Trinajstić information content (AvgIpc) is 2.71. The van der Waals surface area contributed by atoms with Gasteiger partial charge in [0.15, 0.2) is 0 Å². The van der Waals surface area contributed by atoms with Crippen molar-refractivity contribution in [2.75, 3.05) is 26.7 Å². The molecule has 0 fully saturated rings. The normalized spacial score (nSPS) is 11.3. The summed E-state index contributed by atoms with van der Waals surface area (Å²) >= 11 is 0. The number of nitrogens with zero attached hydrogens (tertiary/aromatic N) is 2. The lowest BCUT2D eigenvalue weighted by Crippen LogP contribution is -2.34. The Morgan fingerprint density at radius 2 is 1.90 bits per heavy atom. The largest absolute Gasteiger partial charge is 0.463 e. The lowest BCUT2D eigenvalue weighted by atomic mass is 10.1. The standard InChI is InChI=1S/C20H25N3O5S/c1-16-5-7-17(8-6-16)9-10-19(24)22-12-13-28-20(25)15-23(2)29(26,27)18-4-3-11-21-14-18/h3-8,11,14H,9-10,12-13,15H2,1-2H3,(H,22,24). The molecule has 0 aliphatic carbocycles. The van der Waals surface area contributed by atoms with Crippen molar-refractivity contribution in [2.24, 2.45) is 0 Å². The van der Waals surface area contributed by atoms with Crippen LogP contribution in [0, 0.1) is 6.92 Å². The first kappa shape index (κ1) is 22.5. The van der Waals surface area contributed by atoms with Crippen molar-refractivity contribution in [2.45, 2.75) is 24.7 Å². The first-order valence-electron chi connectivity index (χ1n) is 9.13. The van der Waals surface area contributed by atoms with Crippen molar-refractivity contribution >= 4 is 21.9 Å². The van der Waals surface area contributed by atoms with Gasteiger partial charge in [0.2, 0.25) is 15.9 Å². The van der Waals surface area contributed by atoms with Gasteiger partial charge in [0, 0.05) is 25.9 Å². The molecule has 1 aromatic heterocycles. The first-order chi connectivity index (χ1) is 13.8. The molecule has 29 heavy (non-hydrogen) atoms. The van der Waals surface area contributed by atoms with Crippen LogP contribution in [-0.4, -0.2) is 56.3 Å². The van der Waals surface area contributed by atoms with E-state index in [0.717, 1.165) is 9.87 Å². The van der Waals surface area contributed by atoms with Gasteiger partial charge in [-0.25, -0.2) is 8.42 Å². The summed E-state index contributed by atoms with van der Waals surface area (Å²) in [6.45, 7) is 1.70. The van der Waals surface area contributed by atoms with Crippen molar-refractivity contribution in [3.63, 3.8) is 0 Å². The van der Waals surface area contributed by atoms with Crippen molar-refractivity contribution in [1.29, 1.82) is 0 Å². The topological polar surface area (TPSA) is 106 Å². The summed E-state index contributed by atoms with van der Waals surface area (Å²) in [6, 6.07) is 10.9. The molecule has 8 nitrogen and oxygen atoms in total. The number of esters is 1. The second-order valence-corrected chi connectivity index (χ2v) is 8.55. The third-order valence-corrected chi connectivity index (χ3v) is 5.93. The van der Waals surface area contributed by atoms with Crippen LogP contribution in [0.5, 0.6) is 0 Å². The summed E-state index contributed by atoms with van der Waals surface area (Å²) in [5.74, 6) is -0.841. The number of benzene rings is 1. The molecule has 0 saturated carbocycles. The maximum Gasteiger partial charge on any atom is 0.321 e. The van der Waals surface area contributed by atoms with Crippen LogP contribution in [0.25, 0.3) is 0 Å². The van der Waals surface area contributed by atoms with Crippen LogP contribution in [0.15, 0.2) is 53.7 Å². The van der Waals surface area contributed by atoms with Gasteiger partial charge in [0.05, 0.1) is 6.54 Å². The molecule has 9 heteroatoms. The van der Waals surface area contributed by atoms with Gasteiger partial charge in [-0.05, 0) is 31.0 Å². The zero-order valence-electron chi connectivity index (χ0n) is 16.5. The van der Waals surface area contributed by atoms with Crippen LogP contribution in [0.3, 0.4) is 0 Å². The number of sulfonamides is 1. The predicted octanol–water partition coefficient (Wildman–Crippen LogP) is 1.30. The van der Waals surface area contributed by atoms with Crippen LogP contribution >= 0.6 is 0 Å². The Labute approximate surface area is 170 Å². The molecular weight excluding hydrogens is 394 g/mol. The van der Waals surface area contributed by atoms with E-state index in [0.29, 0.717) is 12.8 Å². The molecule has 1 amide bonds. The van der Waals surface area contributed by atoms with Gasteiger partial charge in [-0.1, -0.05) is 29.8 Å². The molecule has 1 aromatic carbocycles. The molecule has 2 rings (SSSR count). The van der Waals surface area contributed by atoms with Crippen LogP contribution in [0.2, 0.25) is 0 Å². The molecule has 0 aliphatic rings. The van der Waals surface area contributed by atoms with E-state index in [9.17, 15) is 18.0 Å². The van der Waals surface area contributed by atoms with Crippen LogP contribution in [0.1, 0.15) is 17.5 Å². The van der Waals surface area contributed by atoms with Crippen molar-refractivity contribution in [3.05, 3.63) is 59.9 Å². The van der Waals surface area contributed by atoms with Gasteiger partial charge in [0.1, 0.15) is 18.0 Å². The third-order valence-electron chi connectivity index (χ3n) is 4.14. The summed E-state index contributed by atoms with van der Waals surface area (Å²) in [5.41, 5.74) is 2.24. The van der Waals surface area contributed by atoms with Gasteiger partial charge in [-0.15, -0.1) is 0 Å². The Balaban J connectivity index is 1.66. The smallest absolute Gasteiger partial charge is 0.321 e. The summed E-state index contributed by atoms with van der Waals surface area (Å²) < 4.78 is 30.5. The number of aryl methyl sites for hydroxylation is 2. The third kappa shape index (κ3) is 7.28. The zero-order chi connectivity index (χ0) is 21.3. The van der Waals surface area contributed by atoms with E-state index in [4.69, 9.17) is 4.74 Å². The quantitative estimate of drug-likeness (QED) is 0.460. The van der Waals surface area contributed by atoms with E-state index in [-0.39, 0.29) is 24.0 Å². The molecule has 0 radical (unpaired) electrons. The number of likely N-dealkylation sites (N-methyl/N-ethyl adjacent to an activating group) is 1. The first-order valence-corrected chi connectivity index (χ1v) is 10.6. The van der Waals surface area contributed by atoms with Gasteiger partial charge < -0.3 is 10.1 Å². The minimum absolute atomic E-state index is 0.00357. The summed E-state index contributed by atoms with van der Waals surface area (Å²) in [6.07, 6.45) is 3.64. The van der Waals surface area contributed by atoms with E-state index in [1.807, 2.05) is 31.2 Å². The maximum absolute atomic E-state index is 12.3. The minimum Gasteiger partial charge on any atom is -0.463 e. The highest BCUT2D eigenvalue weighted by molar-refractivity contribution is 7.89. The SMILES string of the molecule is Cc1ccc(CCC(=O)NCCOC(=O)CN(C)S(=O)(=O)c2cccnc2)cc1. The van der Waals surface area contributed by atoms with Gasteiger partial charge >= 0.3 is 5.97 Å². The van der Waals surface area contributed by atoms with Crippen molar-refractivity contribution in [1.82, 2.24) is 14.6 Å².